The van der Waals surface area contributed by atoms with Gasteiger partial charge in [-0.1, -0.05) is 6.92 Å². The van der Waals surface area contributed by atoms with Gasteiger partial charge in [-0.05, 0) is 37.1 Å². The van der Waals surface area contributed by atoms with Gasteiger partial charge in [-0.15, -0.1) is 11.8 Å². The number of nitrogens with zero attached hydrogens (tertiary/aromatic N) is 1. The molecule has 0 spiro atoms. The zero-order valence-corrected chi connectivity index (χ0v) is 11.1. The summed E-state index contributed by atoms with van der Waals surface area (Å²) < 4.78 is 0. The van der Waals surface area contributed by atoms with Crippen LogP contribution >= 0.6 is 11.8 Å². The first kappa shape index (κ1) is 11.8. The van der Waals surface area contributed by atoms with Crippen molar-refractivity contribution in [3.63, 3.8) is 0 Å². The molecule has 1 unspecified atom stereocenters. The normalized spacial score (nSPS) is 19.8. The SMILES string of the molecule is Cc1cc2c(cc1C)N(CCN)CC(C)S2. The zero-order chi connectivity index (χ0) is 11.7. The highest BCUT2D eigenvalue weighted by Crippen LogP contribution is 2.39. The van der Waals surface area contributed by atoms with E-state index in [9.17, 15) is 0 Å². The van der Waals surface area contributed by atoms with Crippen molar-refractivity contribution in [2.45, 2.75) is 30.9 Å². The first-order valence-corrected chi connectivity index (χ1v) is 6.72. The van der Waals surface area contributed by atoms with Gasteiger partial charge in [-0.25, -0.2) is 0 Å². The maximum absolute atomic E-state index is 5.68. The average molecular weight is 236 g/mol. The fourth-order valence-corrected chi connectivity index (χ4v) is 3.39. The molecule has 0 aromatic heterocycles. The smallest absolute Gasteiger partial charge is 0.0508 e. The van der Waals surface area contributed by atoms with Gasteiger partial charge in [0.1, 0.15) is 0 Å². The van der Waals surface area contributed by atoms with Gasteiger partial charge < -0.3 is 10.6 Å². The van der Waals surface area contributed by atoms with Gasteiger partial charge in [0, 0.05) is 29.8 Å². The van der Waals surface area contributed by atoms with Gasteiger partial charge >= 0.3 is 0 Å². The largest absolute Gasteiger partial charge is 0.368 e. The standard InChI is InChI=1S/C13H20N2S/c1-9-6-12-13(7-10(9)2)16-11(3)8-15(12)5-4-14/h6-7,11H,4-5,8,14H2,1-3H3. The molecule has 2 nitrogen and oxygen atoms in total. The Morgan fingerprint density at radius 1 is 1.38 bits per heavy atom. The summed E-state index contributed by atoms with van der Waals surface area (Å²) in [5.74, 6) is 0. The van der Waals surface area contributed by atoms with Crippen LogP contribution in [0.1, 0.15) is 18.1 Å². The van der Waals surface area contributed by atoms with E-state index in [4.69, 9.17) is 5.73 Å². The van der Waals surface area contributed by atoms with Crippen LogP contribution < -0.4 is 10.6 Å². The number of hydrogen-bond acceptors (Lipinski definition) is 3. The van der Waals surface area contributed by atoms with Crippen LogP contribution in [0.4, 0.5) is 5.69 Å². The first-order chi connectivity index (χ1) is 7.61. The number of benzene rings is 1. The van der Waals surface area contributed by atoms with Crippen LogP contribution in [-0.4, -0.2) is 24.9 Å². The Kier molecular flexibility index (Phi) is 3.45. The molecule has 88 valence electrons. The van der Waals surface area contributed by atoms with E-state index < -0.39 is 0 Å². The molecule has 1 aromatic carbocycles. The summed E-state index contributed by atoms with van der Waals surface area (Å²) in [6, 6.07) is 4.62. The van der Waals surface area contributed by atoms with E-state index in [0.29, 0.717) is 5.25 Å². The molecule has 0 bridgehead atoms. The maximum Gasteiger partial charge on any atom is 0.0508 e. The Bertz CT molecular complexity index is 390. The van der Waals surface area contributed by atoms with E-state index in [1.165, 1.54) is 21.7 Å². The molecule has 0 radical (unpaired) electrons. The third kappa shape index (κ3) is 2.20. The van der Waals surface area contributed by atoms with Crippen molar-refractivity contribution in [1.82, 2.24) is 0 Å². The summed E-state index contributed by atoms with van der Waals surface area (Å²) in [5.41, 5.74) is 9.81. The van der Waals surface area contributed by atoms with Crippen molar-refractivity contribution in [3.8, 4) is 0 Å². The van der Waals surface area contributed by atoms with Crippen molar-refractivity contribution in [2.24, 2.45) is 5.73 Å². The van der Waals surface area contributed by atoms with Gasteiger partial charge in [0.2, 0.25) is 0 Å². The van der Waals surface area contributed by atoms with Crippen molar-refractivity contribution in [1.29, 1.82) is 0 Å². The molecule has 2 N–H and O–H groups in total. The molecule has 1 aliphatic heterocycles. The Morgan fingerprint density at radius 2 is 2.06 bits per heavy atom. The van der Waals surface area contributed by atoms with Crippen LogP contribution in [0.2, 0.25) is 0 Å². The highest BCUT2D eigenvalue weighted by atomic mass is 32.2. The highest BCUT2D eigenvalue weighted by Gasteiger charge is 2.22. The molecular weight excluding hydrogens is 216 g/mol. The number of hydrogen-bond donors (Lipinski definition) is 1. The van der Waals surface area contributed by atoms with Crippen LogP contribution in [-0.2, 0) is 0 Å². The summed E-state index contributed by atoms with van der Waals surface area (Å²) in [5, 5.41) is 0.654. The minimum Gasteiger partial charge on any atom is -0.368 e. The molecule has 1 atom stereocenters. The molecule has 0 saturated heterocycles. The lowest BCUT2D eigenvalue weighted by atomic mass is 10.1. The van der Waals surface area contributed by atoms with Crippen LogP contribution in [0, 0.1) is 13.8 Å². The summed E-state index contributed by atoms with van der Waals surface area (Å²) in [7, 11) is 0. The van der Waals surface area contributed by atoms with Gasteiger partial charge in [0.25, 0.3) is 0 Å². The molecule has 1 heterocycles. The Hall–Kier alpha value is -0.670. The topological polar surface area (TPSA) is 29.3 Å². The monoisotopic (exact) mass is 236 g/mol. The maximum atomic E-state index is 5.68. The summed E-state index contributed by atoms with van der Waals surface area (Å²) >= 11 is 1.98. The van der Waals surface area contributed by atoms with Crippen molar-refractivity contribution < 1.29 is 0 Å². The Morgan fingerprint density at radius 3 is 2.75 bits per heavy atom. The van der Waals surface area contributed by atoms with E-state index in [1.54, 1.807) is 0 Å². The van der Waals surface area contributed by atoms with E-state index in [-0.39, 0.29) is 0 Å². The first-order valence-electron chi connectivity index (χ1n) is 5.84. The molecular formula is C13H20N2S. The zero-order valence-electron chi connectivity index (χ0n) is 10.3. The van der Waals surface area contributed by atoms with Gasteiger partial charge in [-0.3, -0.25) is 0 Å². The number of rotatable bonds is 2. The Balaban J connectivity index is 2.40. The van der Waals surface area contributed by atoms with Crippen LogP contribution in [0.3, 0.4) is 0 Å². The van der Waals surface area contributed by atoms with Crippen molar-refractivity contribution in [2.75, 3.05) is 24.5 Å². The van der Waals surface area contributed by atoms with Gasteiger partial charge in [-0.2, -0.15) is 0 Å². The molecule has 1 aromatic rings. The lowest BCUT2D eigenvalue weighted by Gasteiger charge is -2.34. The second kappa shape index (κ2) is 4.68. The molecule has 3 heteroatoms. The lowest BCUT2D eigenvalue weighted by molar-refractivity contribution is 0.752. The summed E-state index contributed by atoms with van der Waals surface area (Å²) in [4.78, 5) is 3.83. The molecule has 0 amide bonds. The van der Waals surface area contributed by atoms with E-state index in [0.717, 1.165) is 19.6 Å². The van der Waals surface area contributed by atoms with Crippen LogP contribution in [0.5, 0.6) is 0 Å². The van der Waals surface area contributed by atoms with E-state index in [2.05, 4.69) is 37.8 Å². The number of aryl methyl sites for hydroxylation is 2. The van der Waals surface area contributed by atoms with E-state index >= 15 is 0 Å². The third-order valence-electron chi connectivity index (χ3n) is 3.12. The lowest BCUT2D eigenvalue weighted by Crippen LogP contribution is -2.37. The second-order valence-corrected chi connectivity index (χ2v) is 6.05. The number of nitrogens with two attached hydrogens (primary N) is 1. The molecule has 0 fully saturated rings. The van der Waals surface area contributed by atoms with Gasteiger partial charge in [0.05, 0.1) is 5.69 Å². The van der Waals surface area contributed by atoms with Crippen LogP contribution in [0.25, 0.3) is 0 Å². The van der Waals surface area contributed by atoms with Crippen LogP contribution in [0.15, 0.2) is 17.0 Å². The summed E-state index contributed by atoms with van der Waals surface area (Å²) in [6.07, 6.45) is 0. The van der Waals surface area contributed by atoms with Gasteiger partial charge in [0.15, 0.2) is 0 Å². The second-order valence-electron chi connectivity index (χ2n) is 4.57. The highest BCUT2D eigenvalue weighted by molar-refractivity contribution is 8.00. The predicted molar refractivity (Wildman–Crippen MR) is 72.5 cm³/mol. The fourth-order valence-electron chi connectivity index (χ4n) is 2.15. The predicted octanol–water partition coefficient (Wildman–Crippen LogP) is 2.56. The quantitative estimate of drug-likeness (QED) is 0.855. The van der Waals surface area contributed by atoms with E-state index in [1.807, 2.05) is 11.8 Å². The fraction of sp³-hybridized carbons (Fsp3) is 0.538. The Labute approximate surface area is 102 Å². The molecule has 16 heavy (non-hydrogen) atoms. The molecule has 1 aliphatic rings. The van der Waals surface area contributed by atoms with Crippen molar-refractivity contribution >= 4 is 17.4 Å². The minimum absolute atomic E-state index is 0.654. The number of anilines is 1. The number of thioether (sulfide) groups is 1. The number of fused-ring (bicyclic) bond motifs is 1. The average Bonchev–Trinajstić information content (AvgIpc) is 2.21. The molecule has 2 rings (SSSR count). The van der Waals surface area contributed by atoms with Crippen molar-refractivity contribution in [3.05, 3.63) is 23.3 Å². The molecule has 0 aliphatic carbocycles. The minimum atomic E-state index is 0.654. The summed E-state index contributed by atoms with van der Waals surface area (Å²) in [6.45, 7) is 9.44. The third-order valence-corrected chi connectivity index (χ3v) is 4.25. The molecule has 0 saturated carbocycles.